The van der Waals surface area contributed by atoms with Crippen LogP contribution in [0.5, 0.6) is 5.75 Å². The zero-order chi connectivity index (χ0) is 12.8. The molecule has 0 fully saturated rings. The lowest BCUT2D eigenvalue weighted by molar-refractivity contribution is 0.0697. The van der Waals surface area contributed by atoms with Crippen molar-refractivity contribution >= 4 is 11.7 Å². The molecule has 0 atom stereocenters. The van der Waals surface area contributed by atoms with Gasteiger partial charge in [0, 0.05) is 13.6 Å². The second-order valence-electron chi connectivity index (χ2n) is 3.92. The molecule has 94 valence electrons. The molecule has 5 heteroatoms. The number of hydrogen-bond acceptors (Lipinski definition) is 4. The zero-order valence-corrected chi connectivity index (χ0v) is 10.4. The molecule has 0 saturated heterocycles. The number of likely N-dealkylation sites (N-methyl/N-ethyl adjacent to an activating group) is 1. The minimum Gasteiger partial charge on any atom is -0.490 e. The normalized spacial score (nSPS) is 10.4. The molecule has 0 aliphatic heterocycles. The van der Waals surface area contributed by atoms with Crippen molar-refractivity contribution in [3.8, 4) is 5.75 Å². The van der Waals surface area contributed by atoms with E-state index in [1.54, 1.807) is 19.2 Å². The molecule has 1 aromatic carbocycles. The molecule has 0 unspecified atom stereocenters. The summed E-state index contributed by atoms with van der Waals surface area (Å²) in [5.74, 6) is -0.277. The van der Waals surface area contributed by atoms with Gasteiger partial charge in [-0.25, -0.2) is 4.79 Å². The first-order valence-corrected chi connectivity index (χ1v) is 5.37. The van der Waals surface area contributed by atoms with Gasteiger partial charge >= 0.3 is 5.97 Å². The highest BCUT2D eigenvalue weighted by molar-refractivity contribution is 5.89. The lowest BCUT2D eigenvalue weighted by atomic mass is 10.2. The number of carbonyl (C=O) groups is 1. The Bertz CT molecular complexity index is 391. The Morgan fingerprint density at radius 2 is 2.18 bits per heavy atom. The molecule has 0 spiro atoms. The molecule has 0 aromatic heterocycles. The van der Waals surface area contributed by atoms with E-state index < -0.39 is 5.97 Å². The van der Waals surface area contributed by atoms with E-state index in [0.29, 0.717) is 18.0 Å². The Labute approximate surface area is 101 Å². The van der Waals surface area contributed by atoms with Crippen LogP contribution in [0.3, 0.4) is 0 Å². The van der Waals surface area contributed by atoms with Crippen molar-refractivity contribution in [3.05, 3.63) is 23.8 Å². The predicted octanol–water partition coefficient (Wildman–Crippen LogP) is 1.37. The summed E-state index contributed by atoms with van der Waals surface area (Å²) in [6, 6.07) is 4.77. The summed E-state index contributed by atoms with van der Waals surface area (Å²) in [4.78, 5) is 12.8. The smallest absolute Gasteiger partial charge is 0.335 e. The number of carboxylic acids is 1. The van der Waals surface area contributed by atoms with Gasteiger partial charge in [0.25, 0.3) is 0 Å². The quantitative estimate of drug-likeness (QED) is 0.783. The molecule has 0 aliphatic carbocycles. The van der Waals surface area contributed by atoms with Gasteiger partial charge in [0.05, 0.1) is 11.3 Å². The third-order valence-corrected chi connectivity index (χ3v) is 2.29. The summed E-state index contributed by atoms with van der Waals surface area (Å²) in [5.41, 5.74) is 0.929. The van der Waals surface area contributed by atoms with Crippen LogP contribution in [0.2, 0.25) is 0 Å². The second-order valence-corrected chi connectivity index (χ2v) is 3.92. The van der Waals surface area contributed by atoms with Gasteiger partial charge in [0.2, 0.25) is 0 Å². The van der Waals surface area contributed by atoms with Gasteiger partial charge in [0.1, 0.15) is 12.4 Å². The van der Waals surface area contributed by atoms with E-state index in [2.05, 4.69) is 5.32 Å². The summed E-state index contributed by atoms with van der Waals surface area (Å²) in [6.07, 6.45) is 0. The monoisotopic (exact) mass is 238 g/mol. The van der Waals surface area contributed by atoms with Crippen LogP contribution in [0.15, 0.2) is 18.2 Å². The molecule has 0 aliphatic rings. The first-order chi connectivity index (χ1) is 8.04. The van der Waals surface area contributed by atoms with Crippen LogP contribution in [0.25, 0.3) is 0 Å². The maximum Gasteiger partial charge on any atom is 0.335 e. The SMILES string of the molecule is CNc1cc(C(=O)O)ccc1OCCN(C)C. The third-order valence-electron chi connectivity index (χ3n) is 2.29. The van der Waals surface area contributed by atoms with Crippen LogP contribution in [0.4, 0.5) is 5.69 Å². The van der Waals surface area contributed by atoms with Crippen molar-refractivity contribution in [2.45, 2.75) is 0 Å². The number of nitrogens with zero attached hydrogens (tertiary/aromatic N) is 1. The minimum absolute atomic E-state index is 0.245. The van der Waals surface area contributed by atoms with Crippen molar-refractivity contribution in [1.29, 1.82) is 0 Å². The van der Waals surface area contributed by atoms with Crippen molar-refractivity contribution in [3.63, 3.8) is 0 Å². The summed E-state index contributed by atoms with van der Waals surface area (Å²) in [6.45, 7) is 1.37. The van der Waals surface area contributed by atoms with Crippen molar-refractivity contribution in [1.82, 2.24) is 4.90 Å². The van der Waals surface area contributed by atoms with E-state index >= 15 is 0 Å². The lowest BCUT2D eigenvalue weighted by Gasteiger charge is -2.14. The average Bonchev–Trinajstić information content (AvgIpc) is 2.28. The highest BCUT2D eigenvalue weighted by Crippen LogP contribution is 2.25. The van der Waals surface area contributed by atoms with Crippen LogP contribution in [0, 0.1) is 0 Å². The Kier molecular flexibility index (Phi) is 4.78. The maximum absolute atomic E-state index is 10.8. The molecule has 2 N–H and O–H groups in total. The predicted molar refractivity (Wildman–Crippen MR) is 67.0 cm³/mol. The van der Waals surface area contributed by atoms with Gasteiger partial charge < -0.3 is 20.1 Å². The second kappa shape index (κ2) is 6.10. The number of nitrogens with one attached hydrogen (secondary N) is 1. The summed E-state index contributed by atoms with van der Waals surface area (Å²) < 4.78 is 5.58. The topological polar surface area (TPSA) is 61.8 Å². The lowest BCUT2D eigenvalue weighted by Crippen LogP contribution is -2.19. The Morgan fingerprint density at radius 1 is 1.47 bits per heavy atom. The van der Waals surface area contributed by atoms with E-state index in [1.807, 2.05) is 19.0 Å². The van der Waals surface area contributed by atoms with E-state index in [0.717, 1.165) is 6.54 Å². The molecular formula is C12H18N2O3. The van der Waals surface area contributed by atoms with Crippen LogP contribution in [0.1, 0.15) is 10.4 Å². The van der Waals surface area contributed by atoms with Crippen molar-refractivity contribution in [2.75, 3.05) is 39.6 Å². The van der Waals surface area contributed by atoms with Crippen LogP contribution >= 0.6 is 0 Å². The van der Waals surface area contributed by atoms with Crippen LogP contribution in [-0.2, 0) is 0 Å². The number of aromatic carboxylic acids is 1. The molecule has 1 aromatic rings. The van der Waals surface area contributed by atoms with Crippen LogP contribution < -0.4 is 10.1 Å². The molecule has 17 heavy (non-hydrogen) atoms. The van der Waals surface area contributed by atoms with Gasteiger partial charge in [0.15, 0.2) is 0 Å². The number of ether oxygens (including phenoxy) is 1. The number of hydrogen-bond donors (Lipinski definition) is 2. The largest absolute Gasteiger partial charge is 0.490 e. The van der Waals surface area contributed by atoms with Gasteiger partial charge in [-0.3, -0.25) is 0 Å². The van der Waals surface area contributed by atoms with Gasteiger partial charge in [-0.2, -0.15) is 0 Å². The Morgan fingerprint density at radius 3 is 2.71 bits per heavy atom. The summed E-state index contributed by atoms with van der Waals surface area (Å²) >= 11 is 0. The number of rotatable bonds is 6. The third kappa shape index (κ3) is 3.96. The zero-order valence-electron chi connectivity index (χ0n) is 10.4. The molecule has 0 amide bonds. The van der Waals surface area contributed by atoms with E-state index in [1.165, 1.54) is 6.07 Å². The molecular weight excluding hydrogens is 220 g/mol. The van der Waals surface area contributed by atoms with E-state index in [4.69, 9.17) is 9.84 Å². The molecule has 0 saturated carbocycles. The van der Waals surface area contributed by atoms with Crippen molar-refractivity contribution in [2.24, 2.45) is 0 Å². The van der Waals surface area contributed by atoms with E-state index in [9.17, 15) is 4.79 Å². The molecule has 0 heterocycles. The molecule has 0 bridgehead atoms. The van der Waals surface area contributed by atoms with E-state index in [-0.39, 0.29) is 5.56 Å². The maximum atomic E-state index is 10.8. The molecule has 1 rings (SSSR count). The summed E-state index contributed by atoms with van der Waals surface area (Å²) in [7, 11) is 5.67. The number of anilines is 1. The van der Waals surface area contributed by atoms with Gasteiger partial charge in [-0.1, -0.05) is 0 Å². The van der Waals surface area contributed by atoms with Crippen LogP contribution in [-0.4, -0.2) is 50.3 Å². The Hall–Kier alpha value is -1.75. The number of benzene rings is 1. The highest BCUT2D eigenvalue weighted by Gasteiger charge is 2.08. The Balaban J connectivity index is 2.75. The van der Waals surface area contributed by atoms with Crippen molar-refractivity contribution < 1.29 is 14.6 Å². The standard InChI is InChI=1S/C12H18N2O3/c1-13-10-8-9(12(15)16)4-5-11(10)17-7-6-14(2)3/h4-5,8,13H,6-7H2,1-3H3,(H,15,16). The minimum atomic E-state index is -0.943. The molecule has 0 radical (unpaired) electrons. The molecule has 5 nitrogen and oxygen atoms in total. The fraction of sp³-hybridized carbons (Fsp3) is 0.417. The highest BCUT2D eigenvalue weighted by atomic mass is 16.5. The van der Waals surface area contributed by atoms with Gasteiger partial charge in [-0.05, 0) is 32.3 Å². The fourth-order valence-electron chi connectivity index (χ4n) is 1.32. The fourth-order valence-corrected chi connectivity index (χ4v) is 1.32. The summed E-state index contributed by atoms with van der Waals surface area (Å²) in [5, 5.41) is 11.8. The number of carboxylic acid groups (broad SMARTS) is 1. The first-order valence-electron chi connectivity index (χ1n) is 5.37. The van der Waals surface area contributed by atoms with Gasteiger partial charge in [-0.15, -0.1) is 0 Å². The first kappa shape index (κ1) is 13.3. The average molecular weight is 238 g/mol.